The number of primary amides is 1. The molecule has 2 amide bonds. The van der Waals surface area contributed by atoms with E-state index in [1.54, 1.807) is 4.90 Å². The normalized spacial score (nSPS) is 13.6. The molecule has 2 heterocycles. The number of hydrogen-bond acceptors (Lipinski definition) is 4. The number of nitrogens with zero attached hydrogens (tertiary/aromatic N) is 3. The van der Waals surface area contributed by atoms with Crippen LogP contribution in [-0.2, 0) is 13.0 Å². The van der Waals surface area contributed by atoms with Crippen molar-refractivity contribution < 1.29 is 14.0 Å². The molecular formula is C15H12FN4O2. The molecule has 1 aromatic carbocycles. The zero-order chi connectivity index (χ0) is 15.7. The molecule has 6 nitrogen and oxygen atoms in total. The van der Waals surface area contributed by atoms with Crippen molar-refractivity contribution in [1.29, 1.82) is 0 Å². The van der Waals surface area contributed by atoms with Gasteiger partial charge in [0.05, 0.1) is 18.4 Å². The van der Waals surface area contributed by atoms with Gasteiger partial charge in [-0.2, -0.15) is 0 Å². The van der Waals surface area contributed by atoms with Crippen LogP contribution in [0.1, 0.15) is 32.2 Å². The van der Waals surface area contributed by atoms with Gasteiger partial charge in [0, 0.05) is 17.7 Å². The van der Waals surface area contributed by atoms with Crippen molar-refractivity contribution in [2.24, 2.45) is 5.73 Å². The number of hydrogen-bond donors (Lipinski definition) is 1. The monoisotopic (exact) mass is 299 g/mol. The molecule has 0 unspecified atom stereocenters. The summed E-state index contributed by atoms with van der Waals surface area (Å²) in [6.45, 7) is 0.726. The average Bonchev–Trinajstić information content (AvgIpc) is 2.53. The smallest absolute Gasteiger partial charge is 0.286 e. The third-order valence-electron chi connectivity index (χ3n) is 3.46. The lowest BCUT2D eigenvalue weighted by Crippen LogP contribution is -2.37. The van der Waals surface area contributed by atoms with E-state index in [1.807, 2.05) is 0 Å². The van der Waals surface area contributed by atoms with Crippen LogP contribution in [0.15, 0.2) is 24.3 Å². The number of nitrogens with two attached hydrogens (primary N) is 1. The highest BCUT2D eigenvalue weighted by molar-refractivity contribution is 5.94. The van der Waals surface area contributed by atoms with Gasteiger partial charge >= 0.3 is 0 Å². The second-order valence-corrected chi connectivity index (χ2v) is 4.93. The molecule has 0 saturated carbocycles. The molecule has 1 aliphatic rings. The summed E-state index contributed by atoms with van der Waals surface area (Å²) in [5, 5.41) is 0. The zero-order valence-electron chi connectivity index (χ0n) is 11.5. The minimum Gasteiger partial charge on any atom is -0.363 e. The van der Waals surface area contributed by atoms with E-state index in [1.165, 1.54) is 24.3 Å². The molecule has 0 saturated heterocycles. The van der Waals surface area contributed by atoms with E-state index >= 15 is 0 Å². The van der Waals surface area contributed by atoms with Crippen LogP contribution in [0.4, 0.5) is 4.39 Å². The number of halogens is 1. The highest BCUT2D eigenvalue weighted by atomic mass is 19.1. The van der Waals surface area contributed by atoms with Gasteiger partial charge in [0.2, 0.25) is 5.82 Å². The number of rotatable bonds is 2. The Balaban J connectivity index is 1.84. The molecule has 1 aromatic heterocycles. The average molecular weight is 299 g/mol. The van der Waals surface area contributed by atoms with Crippen molar-refractivity contribution in [2.45, 2.75) is 13.0 Å². The van der Waals surface area contributed by atoms with Gasteiger partial charge in [-0.15, -0.1) is 0 Å². The Bertz CT molecular complexity index is 746. The van der Waals surface area contributed by atoms with Gasteiger partial charge in [0.1, 0.15) is 5.82 Å². The molecular weight excluding hydrogens is 287 g/mol. The fourth-order valence-electron chi connectivity index (χ4n) is 2.30. The maximum Gasteiger partial charge on any atom is 0.286 e. The SMILES string of the molecule is NC(=O)c1n[c]c2c(n1)CN(C(=O)c1ccc(F)cc1)CC2. The zero-order valence-corrected chi connectivity index (χ0v) is 11.5. The first-order valence-corrected chi connectivity index (χ1v) is 6.66. The Hall–Kier alpha value is -2.83. The van der Waals surface area contributed by atoms with Crippen molar-refractivity contribution >= 4 is 11.8 Å². The standard InChI is InChI=1S/C15H12FN4O2/c16-11-3-1-9(2-4-11)15(22)20-6-5-10-7-18-14(13(17)21)19-12(10)8-20/h1-4H,5-6,8H2,(H2,17,21). The van der Waals surface area contributed by atoms with Crippen LogP contribution in [0.25, 0.3) is 0 Å². The molecule has 111 valence electrons. The van der Waals surface area contributed by atoms with Crippen molar-refractivity contribution in [3.8, 4) is 0 Å². The van der Waals surface area contributed by atoms with Gasteiger partial charge in [-0.3, -0.25) is 9.59 Å². The number of amides is 2. The molecule has 2 N–H and O–H groups in total. The first kappa shape index (κ1) is 14.1. The van der Waals surface area contributed by atoms with Crippen LogP contribution in [0.5, 0.6) is 0 Å². The first-order chi connectivity index (χ1) is 10.5. The molecule has 0 spiro atoms. The summed E-state index contributed by atoms with van der Waals surface area (Å²) >= 11 is 0. The van der Waals surface area contributed by atoms with E-state index in [2.05, 4.69) is 16.2 Å². The lowest BCUT2D eigenvalue weighted by atomic mass is 10.1. The third-order valence-corrected chi connectivity index (χ3v) is 3.46. The van der Waals surface area contributed by atoms with E-state index in [9.17, 15) is 14.0 Å². The Kier molecular flexibility index (Phi) is 3.54. The van der Waals surface area contributed by atoms with Crippen LogP contribution in [0, 0.1) is 12.0 Å². The van der Waals surface area contributed by atoms with E-state index in [0.29, 0.717) is 24.2 Å². The summed E-state index contributed by atoms with van der Waals surface area (Å²) in [7, 11) is 0. The van der Waals surface area contributed by atoms with Gasteiger partial charge in [-0.05, 0) is 30.7 Å². The van der Waals surface area contributed by atoms with Gasteiger partial charge in [-0.25, -0.2) is 14.4 Å². The van der Waals surface area contributed by atoms with E-state index in [0.717, 1.165) is 5.56 Å². The van der Waals surface area contributed by atoms with Crippen molar-refractivity contribution in [3.63, 3.8) is 0 Å². The second-order valence-electron chi connectivity index (χ2n) is 4.93. The highest BCUT2D eigenvalue weighted by Crippen LogP contribution is 2.18. The fourth-order valence-corrected chi connectivity index (χ4v) is 2.30. The van der Waals surface area contributed by atoms with Crippen molar-refractivity contribution in [3.05, 3.63) is 58.9 Å². The van der Waals surface area contributed by atoms with Gasteiger partial charge in [-0.1, -0.05) is 0 Å². The molecule has 7 heteroatoms. The summed E-state index contributed by atoms with van der Waals surface area (Å²) in [6.07, 6.45) is 3.29. The molecule has 22 heavy (non-hydrogen) atoms. The molecule has 1 radical (unpaired) electrons. The summed E-state index contributed by atoms with van der Waals surface area (Å²) in [5.74, 6) is -1.46. The van der Waals surface area contributed by atoms with Gasteiger partial charge < -0.3 is 10.6 Å². The topological polar surface area (TPSA) is 89.2 Å². The van der Waals surface area contributed by atoms with Crippen LogP contribution in [0.3, 0.4) is 0 Å². The van der Waals surface area contributed by atoms with Crippen LogP contribution in [-0.4, -0.2) is 33.2 Å². The largest absolute Gasteiger partial charge is 0.363 e. The Morgan fingerprint density at radius 1 is 1.27 bits per heavy atom. The molecule has 0 fully saturated rings. The second kappa shape index (κ2) is 5.51. The molecule has 1 aliphatic heterocycles. The number of carbonyl (C=O) groups excluding carboxylic acids is 2. The molecule has 0 atom stereocenters. The van der Waals surface area contributed by atoms with Crippen molar-refractivity contribution in [1.82, 2.24) is 14.9 Å². The summed E-state index contributed by atoms with van der Waals surface area (Å²) in [6, 6.07) is 5.36. The van der Waals surface area contributed by atoms with Crippen LogP contribution in [0.2, 0.25) is 0 Å². The van der Waals surface area contributed by atoms with Gasteiger partial charge in [0.25, 0.3) is 11.8 Å². The quantitative estimate of drug-likeness (QED) is 0.884. The number of carbonyl (C=O) groups is 2. The lowest BCUT2D eigenvalue weighted by molar-refractivity contribution is 0.0731. The first-order valence-electron chi connectivity index (χ1n) is 6.66. The maximum absolute atomic E-state index is 12.9. The van der Waals surface area contributed by atoms with E-state index < -0.39 is 11.7 Å². The van der Waals surface area contributed by atoms with Crippen LogP contribution < -0.4 is 5.73 Å². The summed E-state index contributed by atoms with van der Waals surface area (Å²) in [5.41, 5.74) is 6.88. The molecule has 0 bridgehead atoms. The van der Waals surface area contributed by atoms with Crippen LogP contribution >= 0.6 is 0 Å². The Morgan fingerprint density at radius 3 is 2.68 bits per heavy atom. The Morgan fingerprint density at radius 2 is 2.00 bits per heavy atom. The summed E-state index contributed by atoms with van der Waals surface area (Å²) in [4.78, 5) is 33.0. The maximum atomic E-state index is 12.9. The predicted molar refractivity (Wildman–Crippen MR) is 74.2 cm³/mol. The Labute approximate surface area is 125 Å². The van der Waals surface area contributed by atoms with E-state index in [4.69, 9.17) is 5.73 Å². The lowest BCUT2D eigenvalue weighted by Gasteiger charge is -2.27. The molecule has 3 rings (SSSR count). The minimum atomic E-state index is -0.735. The summed E-state index contributed by atoms with van der Waals surface area (Å²) < 4.78 is 12.9. The number of aromatic nitrogens is 2. The number of benzene rings is 1. The fraction of sp³-hybridized carbons (Fsp3) is 0.200. The van der Waals surface area contributed by atoms with E-state index in [-0.39, 0.29) is 18.3 Å². The van der Waals surface area contributed by atoms with Gasteiger partial charge in [0.15, 0.2) is 0 Å². The highest BCUT2D eigenvalue weighted by Gasteiger charge is 2.24. The minimum absolute atomic E-state index is 0.116. The third kappa shape index (κ3) is 2.65. The van der Waals surface area contributed by atoms with Crippen molar-refractivity contribution in [2.75, 3.05) is 6.54 Å². The number of fused-ring (bicyclic) bond motifs is 1. The molecule has 0 aliphatic carbocycles. The predicted octanol–water partition coefficient (Wildman–Crippen LogP) is 0.713. The molecule has 2 aromatic rings.